The second kappa shape index (κ2) is 5.11. The molecule has 0 radical (unpaired) electrons. The number of nitrogens with zero attached hydrogens (tertiary/aromatic N) is 5. The van der Waals surface area contributed by atoms with Crippen LogP contribution in [0.2, 0.25) is 0 Å². The largest absolute Gasteiger partial charge is 0.341 e. The van der Waals surface area contributed by atoms with Crippen LogP contribution in [0.15, 0.2) is 15.9 Å². The van der Waals surface area contributed by atoms with Gasteiger partial charge in [-0.1, -0.05) is 0 Å². The number of carbonyl (C=O) groups is 1. The Balaban J connectivity index is 2.14. The van der Waals surface area contributed by atoms with Gasteiger partial charge in [0.05, 0.1) is 6.33 Å². The number of likely N-dealkylation sites (tertiary alicyclic amines) is 1. The highest BCUT2D eigenvalue weighted by molar-refractivity contribution is 5.82. The molecule has 0 bridgehead atoms. The van der Waals surface area contributed by atoms with Crippen molar-refractivity contribution in [3.05, 3.63) is 27.2 Å². The molecule has 3 rings (SSSR count). The van der Waals surface area contributed by atoms with Gasteiger partial charge in [0.1, 0.15) is 6.04 Å². The Bertz CT molecular complexity index is 854. The summed E-state index contributed by atoms with van der Waals surface area (Å²) < 4.78 is 3.92. The molecule has 0 aromatic carbocycles. The Morgan fingerprint density at radius 1 is 1.18 bits per heavy atom. The monoisotopic (exact) mass is 305 g/mol. The van der Waals surface area contributed by atoms with Gasteiger partial charge in [-0.25, -0.2) is 9.78 Å². The molecule has 22 heavy (non-hydrogen) atoms. The third kappa shape index (κ3) is 1.98. The Hall–Kier alpha value is -2.38. The lowest BCUT2D eigenvalue weighted by molar-refractivity contribution is -0.133. The van der Waals surface area contributed by atoms with Crippen molar-refractivity contribution in [3.8, 4) is 0 Å². The first-order valence-corrected chi connectivity index (χ1v) is 7.35. The zero-order chi connectivity index (χ0) is 16.0. The van der Waals surface area contributed by atoms with Gasteiger partial charge in [-0.2, -0.15) is 0 Å². The molecule has 0 unspecified atom stereocenters. The first kappa shape index (κ1) is 14.6. The molecule has 1 atom stereocenters. The van der Waals surface area contributed by atoms with Gasteiger partial charge in [0.25, 0.3) is 5.56 Å². The van der Waals surface area contributed by atoms with E-state index < -0.39 is 17.3 Å². The zero-order valence-corrected chi connectivity index (χ0v) is 12.9. The number of carbonyl (C=O) groups excluding carboxylic acids is 1. The minimum atomic E-state index is -0.520. The van der Waals surface area contributed by atoms with Crippen molar-refractivity contribution < 1.29 is 4.79 Å². The predicted octanol–water partition coefficient (Wildman–Crippen LogP) is -0.383. The zero-order valence-electron chi connectivity index (χ0n) is 12.9. The van der Waals surface area contributed by atoms with Crippen LogP contribution in [-0.2, 0) is 18.9 Å². The lowest BCUT2D eigenvalue weighted by atomic mass is 10.3. The van der Waals surface area contributed by atoms with Crippen LogP contribution >= 0.6 is 0 Å². The van der Waals surface area contributed by atoms with Gasteiger partial charge in [0.2, 0.25) is 5.91 Å². The summed E-state index contributed by atoms with van der Waals surface area (Å²) in [6, 6.07) is -0.520. The number of fused-ring (bicyclic) bond motifs is 1. The molecule has 8 nitrogen and oxygen atoms in total. The van der Waals surface area contributed by atoms with Gasteiger partial charge in [-0.05, 0) is 19.8 Å². The number of aryl methyl sites for hydroxylation is 1. The van der Waals surface area contributed by atoms with E-state index in [4.69, 9.17) is 0 Å². The van der Waals surface area contributed by atoms with Crippen LogP contribution in [0, 0.1) is 0 Å². The standard InChI is InChI=1S/C14H19N5O3/c1-9(12(20)18-6-4-5-7-18)19-8-15-11-10(19)13(21)17(3)14(22)16(11)2/h8-9H,4-7H2,1-3H3/t9-/m0/s1. The van der Waals surface area contributed by atoms with Gasteiger partial charge in [-0.15, -0.1) is 0 Å². The molecule has 0 spiro atoms. The molecule has 8 heteroatoms. The van der Waals surface area contributed by atoms with Crippen LogP contribution in [0.5, 0.6) is 0 Å². The van der Waals surface area contributed by atoms with Gasteiger partial charge < -0.3 is 9.47 Å². The van der Waals surface area contributed by atoms with Crippen LogP contribution < -0.4 is 11.2 Å². The maximum Gasteiger partial charge on any atom is 0.332 e. The molecule has 1 aliphatic rings. The van der Waals surface area contributed by atoms with Crippen molar-refractivity contribution in [1.82, 2.24) is 23.6 Å². The topological polar surface area (TPSA) is 82.1 Å². The number of hydrogen-bond acceptors (Lipinski definition) is 4. The third-order valence-corrected chi connectivity index (χ3v) is 4.37. The van der Waals surface area contributed by atoms with Crippen molar-refractivity contribution in [2.75, 3.05) is 13.1 Å². The maximum absolute atomic E-state index is 12.5. The first-order valence-electron chi connectivity index (χ1n) is 7.35. The lowest BCUT2D eigenvalue weighted by Crippen LogP contribution is -2.39. The van der Waals surface area contributed by atoms with Crippen LogP contribution in [0.25, 0.3) is 11.2 Å². The summed E-state index contributed by atoms with van der Waals surface area (Å²) in [4.78, 5) is 42.8. The average Bonchev–Trinajstić information content (AvgIpc) is 3.18. The van der Waals surface area contributed by atoms with Crippen LogP contribution in [-0.4, -0.2) is 42.6 Å². The highest BCUT2D eigenvalue weighted by Gasteiger charge is 2.27. The summed E-state index contributed by atoms with van der Waals surface area (Å²) in [7, 11) is 2.99. The molecule has 1 saturated heterocycles. The number of imidazole rings is 1. The molecule has 2 aromatic heterocycles. The number of aromatic nitrogens is 4. The Kier molecular flexibility index (Phi) is 3.38. The molecule has 118 valence electrons. The first-order chi connectivity index (χ1) is 10.4. The highest BCUT2D eigenvalue weighted by atomic mass is 16.2. The minimum Gasteiger partial charge on any atom is -0.341 e. The SMILES string of the molecule is C[C@@H](C(=O)N1CCCC1)n1cnc2c1c(=O)n(C)c(=O)n2C. The lowest BCUT2D eigenvalue weighted by Gasteiger charge is -2.21. The molecule has 0 saturated carbocycles. The number of amides is 1. The number of hydrogen-bond donors (Lipinski definition) is 0. The Morgan fingerprint density at radius 3 is 2.45 bits per heavy atom. The van der Waals surface area contributed by atoms with Crippen LogP contribution in [0.3, 0.4) is 0 Å². The summed E-state index contributed by atoms with van der Waals surface area (Å²) >= 11 is 0. The fraction of sp³-hybridized carbons (Fsp3) is 0.571. The molecule has 0 N–H and O–H groups in total. The number of rotatable bonds is 2. The van der Waals surface area contributed by atoms with Crippen molar-refractivity contribution >= 4 is 17.1 Å². The summed E-state index contributed by atoms with van der Waals surface area (Å²) in [5, 5.41) is 0. The Labute approximate surface area is 126 Å². The minimum absolute atomic E-state index is 0.0206. The van der Waals surface area contributed by atoms with E-state index in [2.05, 4.69) is 4.98 Å². The van der Waals surface area contributed by atoms with Crippen LogP contribution in [0.1, 0.15) is 25.8 Å². The van der Waals surface area contributed by atoms with E-state index in [1.807, 2.05) is 4.90 Å². The molecule has 3 heterocycles. The van der Waals surface area contributed by atoms with E-state index in [9.17, 15) is 14.4 Å². The average molecular weight is 305 g/mol. The molecule has 1 amide bonds. The second-order valence-corrected chi connectivity index (χ2v) is 5.74. The van der Waals surface area contributed by atoms with Gasteiger partial charge in [-0.3, -0.25) is 18.7 Å². The van der Waals surface area contributed by atoms with Gasteiger partial charge >= 0.3 is 5.69 Å². The second-order valence-electron chi connectivity index (χ2n) is 5.74. The molecule has 1 fully saturated rings. The van der Waals surface area contributed by atoms with Gasteiger partial charge in [0.15, 0.2) is 11.2 Å². The summed E-state index contributed by atoms with van der Waals surface area (Å²) in [5.74, 6) is -0.0206. The van der Waals surface area contributed by atoms with E-state index in [1.165, 1.54) is 17.9 Å². The van der Waals surface area contributed by atoms with Gasteiger partial charge in [0, 0.05) is 27.2 Å². The highest BCUT2D eigenvalue weighted by Crippen LogP contribution is 2.18. The fourth-order valence-corrected chi connectivity index (χ4v) is 2.98. The molecular weight excluding hydrogens is 286 g/mol. The maximum atomic E-state index is 12.5. The normalized spacial score (nSPS) is 16.4. The van der Waals surface area contributed by atoms with Crippen molar-refractivity contribution in [3.63, 3.8) is 0 Å². The quantitative estimate of drug-likeness (QED) is 0.757. The van der Waals surface area contributed by atoms with E-state index in [0.717, 1.165) is 30.5 Å². The summed E-state index contributed by atoms with van der Waals surface area (Å²) in [5.41, 5.74) is -0.281. The molecular formula is C14H19N5O3. The summed E-state index contributed by atoms with van der Waals surface area (Å²) in [6.45, 7) is 3.27. The third-order valence-electron chi connectivity index (χ3n) is 4.37. The van der Waals surface area contributed by atoms with Crippen molar-refractivity contribution in [1.29, 1.82) is 0 Å². The Morgan fingerprint density at radius 2 is 1.82 bits per heavy atom. The van der Waals surface area contributed by atoms with E-state index >= 15 is 0 Å². The van der Waals surface area contributed by atoms with Crippen LogP contribution in [0.4, 0.5) is 0 Å². The fourth-order valence-electron chi connectivity index (χ4n) is 2.98. The summed E-state index contributed by atoms with van der Waals surface area (Å²) in [6.07, 6.45) is 3.49. The molecule has 2 aromatic rings. The predicted molar refractivity (Wildman–Crippen MR) is 80.7 cm³/mol. The van der Waals surface area contributed by atoms with E-state index in [0.29, 0.717) is 5.65 Å². The molecule has 0 aliphatic carbocycles. The van der Waals surface area contributed by atoms with Crippen molar-refractivity contribution in [2.24, 2.45) is 14.1 Å². The van der Waals surface area contributed by atoms with E-state index in [-0.39, 0.29) is 11.4 Å². The molecule has 1 aliphatic heterocycles. The van der Waals surface area contributed by atoms with Crippen molar-refractivity contribution in [2.45, 2.75) is 25.8 Å². The van der Waals surface area contributed by atoms with E-state index in [1.54, 1.807) is 18.5 Å². The smallest absolute Gasteiger partial charge is 0.332 e.